The molecule has 6 heteroatoms. The summed E-state index contributed by atoms with van der Waals surface area (Å²) < 4.78 is 5.41. The number of aliphatic imine (C=N–C) groups is 1. The molecule has 0 radical (unpaired) electrons. The molecule has 138 valence electrons. The summed E-state index contributed by atoms with van der Waals surface area (Å²) in [5.74, 6) is 1.56. The summed E-state index contributed by atoms with van der Waals surface area (Å²) in [5, 5.41) is 5.96. The van der Waals surface area contributed by atoms with E-state index in [1.807, 2.05) is 60.5 Å². The van der Waals surface area contributed by atoms with Crippen LogP contribution in [0.1, 0.15) is 21.5 Å². The molecule has 0 aliphatic rings. The van der Waals surface area contributed by atoms with Crippen molar-refractivity contribution in [2.24, 2.45) is 4.99 Å². The van der Waals surface area contributed by atoms with Gasteiger partial charge in [0.2, 0.25) is 0 Å². The molecule has 0 fully saturated rings. The van der Waals surface area contributed by atoms with Gasteiger partial charge in [0, 0.05) is 45.4 Å². The molecule has 0 heterocycles. The van der Waals surface area contributed by atoms with Gasteiger partial charge in [0.15, 0.2) is 5.96 Å². The quantitative estimate of drug-likeness (QED) is 0.617. The number of carbonyl (C=O) groups excluding carboxylic acids is 1. The average molecular weight is 354 g/mol. The lowest BCUT2D eigenvalue weighted by Gasteiger charge is -2.23. The normalized spacial score (nSPS) is 11.0. The molecule has 0 unspecified atom stereocenters. The minimum atomic E-state index is -0.0862. The van der Waals surface area contributed by atoms with Crippen molar-refractivity contribution < 1.29 is 9.53 Å². The smallest absolute Gasteiger partial charge is 0.251 e. The number of rotatable bonds is 6. The predicted octanol–water partition coefficient (Wildman–Crippen LogP) is 2.26. The minimum absolute atomic E-state index is 0.0862. The van der Waals surface area contributed by atoms with Crippen LogP contribution in [0.2, 0.25) is 0 Å². The number of hydrogen-bond acceptors (Lipinski definition) is 3. The van der Waals surface area contributed by atoms with Gasteiger partial charge in [0.05, 0.1) is 7.11 Å². The minimum Gasteiger partial charge on any atom is -0.496 e. The highest BCUT2D eigenvalue weighted by Crippen LogP contribution is 2.18. The molecule has 0 saturated heterocycles. The monoisotopic (exact) mass is 354 g/mol. The zero-order chi connectivity index (χ0) is 18.9. The van der Waals surface area contributed by atoms with Crippen molar-refractivity contribution in [3.05, 3.63) is 65.2 Å². The van der Waals surface area contributed by atoms with E-state index in [4.69, 9.17) is 4.74 Å². The van der Waals surface area contributed by atoms with Crippen molar-refractivity contribution in [2.45, 2.75) is 13.1 Å². The number of amides is 1. The lowest BCUT2D eigenvalue weighted by atomic mass is 10.1. The second-order valence-electron chi connectivity index (χ2n) is 5.84. The standard InChI is InChI=1S/C20H26N4O2/c1-21-19(25)16-11-9-15(10-12-16)13-23-20(22-2)24(3)14-17-7-5-6-8-18(17)26-4/h5-12H,13-14H2,1-4H3,(H,21,25)(H,22,23). The molecule has 0 atom stereocenters. The van der Waals surface area contributed by atoms with E-state index < -0.39 is 0 Å². The number of hydrogen-bond donors (Lipinski definition) is 2. The molecule has 2 aromatic carbocycles. The Bertz CT molecular complexity index is 757. The van der Waals surface area contributed by atoms with Crippen LogP contribution in [0.3, 0.4) is 0 Å². The second kappa shape index (κ2) is 9.46. The number of nitrogens with zero attached hydrogens (tertiary/aromatic N) is 2. The van der Waals surface area contributed by atoms with Gasteiger partial charge in [-0.3, -0.25) is 9.79 Å². The van der Waals surface area contributed by atoms with E-state index in [1.165, 1.54) is 0 Å². The molecule has 2 aromatic rings. The molecule has 6 nitrogen and oxygen atoms in total. The van der Waals surface area contributed by atoms with Crippen LogP contribution in [0, 0.1) is 0 Å². The summed E-state index contributed by atoms with van der Waals surface area (Å²) in [7, 11) is 7.04. The Morgan fingerprint density at radius 1 is 1.15 bits per heavy atom. The molecule has 0 bridgehead atoms. The number of carbonyl (C=O) groups is 1. The topological polar surface area (TPSA) is 66.0 Å². The lowest BCUT2D eigenvalue weighted by Crippen LogP contribution is -2.38. The molecule has 26 heavy (non-hydrogen) atoms. The molecule has 0 aromatic heterocycles. The van der Waals surface area contributed by atoms with Gasteiger partial charge in [-0.25, -0.2) is 0 Å². The number of benzene rings is 2. The maximum absolute atomic E-state index is 11.6. The maximum atomic E-state index is 11.6. The number of ether oxygens (including phenoxy) is 1. The Morgan fingerprint density at radius 2 is 1.85 bits per heavy atom. The number of nitrogens with one attached hydrogen (secondary N) is 2. The SMILES string of the molecule is CN=C(NCc1ccc(C(=O)NC)cc1)N(C)Cc1ccccc1OC. The van der Waals surface area contributed by atoms with E-state index in [0.29, 0.717) is 18.7 Å². The first-order valence-corrected chi connectivity index (χ1v) is 8.43. The third kappa shape index (κ3) is 4.99. The molecule has 2 N–H and O–H groups in total. The van der Waals surface area contributed by atoms with Crippen LogP contribution in [0.4, 0.5) is 0 Å². The van der Waals surface area contributed by atoms with Crippen molar-refractivity contribution in [3.8, 4) is 5.75 Å². The molecule has 1 amide bonds. The van der Waals surface area contributed by atoms with E-state index in [0.717, 1.165) is 22.8 Å². The van der Waals surface area contributed by atoms with Crippen molar-refractivity contribution in [2.75, 3.05) is 28.3 Å². The fourth-order valence-electron chi connectivity index (χ4n) is 2.65. The Labute approximate surface area is 154 Å². The summed E-state index contributed by atoms with van der Waals surface area (Å²) in [4.78, 5) is 18.0. The van der Waals surface area contributed by atoms with Gasteiger partial charge in [0.1, 0.15) is 5.75 Å². The summed E-state index contributed by atoms with van der Waals surface area (Å²) in [5.41, 5.74) is 2.81. The molecular formula is C20H26N4O2. The van der Waals surface area contributed by atoms with Gasteiger partial charge in [0.25, 0.3) is 5.91 Å². The Balaban J connectivity index is 1.97. The average Bonchev–Trinajstić information content (AvgIpc) is 2.68. The van der Waals surface area contributed by atoms with Gasteiger partial charge in [-0.2, -0.15) is 0 Å². The molecule has 0 aliphatic heterocycles. The fourth-order valence-corrected chi connectivity index (χ4v) is 2.65. The van der Waals surface area contributed by atoms with E-state index in [-0.39, 0.29) is 5.91 Å². The predicted molar refractivity (Wildman–Crippen MR) is 104 cm³/mol. The first-order valence-electron chi connectivity index (χ1n) is 8.43. The number of guanidine groups is 1. The van der Waals surface area contributed by atoms with Gasteiger partial charge in [-0.05, 0) is 23.8 Å². The van der Waals surface area contributed by atoms with Crippen LogP contribution >= 0.6 is 0 Å². The van der Waals surface area contributed by atoms with Crippen LogP contribution in [0.5, 0.6) is 5.75 Å². The Morgan fingerprint density at radius 3 is 2.46 bits per heavy atom. The Hall–Kier alpha value is -3.02. The second-order valence-corrected chi connectivity index (χ2v) is 5.84. The summed E-state index contributed by atoms with van der Waals surface area (Å²) in [6.07, 6.45) is 0. The van der Waals surface area contributed by atoms with Gasteiger partial charge in [-0.15, -0.1) is 0 Å². The molecule has 2 rings (SSSR count). The summed E-state index contributed by atoms with van der Waals surface area (Å²) in [6, 6.07) is 15.5. The summed E-state index contributed by atoms with van der Waals surface area (Å²) >= 11 is 0. The van der Waals surface area contributed by atoms with Crippen molar-refractivity contribution >= 4 is 11.9 Å². The zero-order valence-corrected chi connectivity index (χ0v) is 15.7. The van der Waals surface area contributed by atoms with Crippen molar-refractivity contribution in [1.29, 1.82) is 0 Å². The van der Waals surface area contributed by atoms with E-state index in [1.54, 1.807) is 21.2 Å². The van der Waals surface area contributed by atoms with Gasteiger partial charge >= 0.3 is 0 Å². The number of methoxy groups -OCH3 is 1. The zero-order valence-electron chi connectivity index (χ0n) is 15.7. The molecule has 0 aliphatic carbocycles. The largest absolute Gasteiger partial charge is 0.496 e. The van der Waals surface area contributed by atoms with Crippen LogP contribution in [0.15, 0.2) is 53.5 Å². The third-order valence-corrected chi connectivity index (χ3v) is 4.07. The first-order chi connectivity index (χ1) is 12.6. The lowest BCUT2D eigenvalue weighted by molar-refractivity contribution is 0.0963. The molecule has 0 spiro atoms. The molecule has 0 saturated carbocycles. The van der Waals surface area contributed by atoms with Crippen LogP contribution in [-0.2, 0) is 13.1 Å². The highest BCUT2D eigenvalue weighted by Gasteiger charge is 2.10. The number of para-hydroxylation sites is 1. The fraction of sp³-hybridized carbons (Fsp3) is 0.300. The maximum Gasteiger partial charge on any atom is 0.251 e. The van der Waals surface area contributed by atoms with Crippen molar-refractivity contribution in [1.82, 2.24) is 15.5 Å². The van der Waals surface area contributed by atoms with Crippen LogP contribution in [0.25, 0.3) is 0 Å². The highest BCUT2D eigenvalue weighted by molar-refractivity contribution is 5.93. The van der Waals surface area contributed by atoms with E-state index >= 15 is 0 Å². The third-order valence-electron chi connectivity index (χ3n) is 4.07. The Kier molecular flexibility index (Phi) is 7.02. The van der Waals surface area contributed by atoms with E-state index in [9.17, 15) is 4.79 Å². The first kappa shape index (κ1) is 19.3. The van der Waals surface area contributed by atoms with Crippen LogP contribution in [-0.4, -0.2) is 45.0 Å². The highest BCUT2D eigenvalue weighted by atomic mass is 16.5. The molecular weight excluding hydrogens is 328 g/mol. The van der Waals surface area contributed by atoms with Gasteiger partial charge < -0.3 is 20.3 Å². The van der Waals surface area contributed by atoms with E-state index in [2.05, 4.69) is 15.6 Å². The van der Waals surface area contributed by atoms with Crippen molar-refractivity contribution in [3.63, 3.8) is 0 Å². The summed E-state index contributed by atoms with van der Waals surface area (Å²) in [6.45, 7) is 1.30. The van der Waals surface area contributed by atoms with Crippen LogP contribution < -0.4 is 15.4 Å². The van der Waals surface area contributed by atoms with Gasteiger partial charge in [-0.1, -0.05) is 30.3 Å².